The van der Waals surface area contributed by atoms with Gasteiger partial charge in [-0.25, -0.2) is 4.98 Å². The summed E-state index contributed by atoms with van der Waals surface area (Å²) < 4.78 is 11.3. The van der Waals surface area contributed by atoms with Crippen molar-refractivity contribution in [1.29, 1.82) is 0 Å². The molecule has 32 heavy (non-hydrogen) atoms. The van der Waals surface area contributed by atoms with Gasteiger partial charge >= 0.3 is 0 Å². The first-order valence-electron chi connectivity index (χ1n) is 10.4. The van der Waals surface area contributed by atoms with E-state index >= 15 is 0 Å². The molecule has 3 heterocycles. The molecule has 0 bridgehead atoms. The number of halogens is 1. The lowest BCUT2D eigenvalue weighted by Gasteiger charge is -2.12. The van der Waals surface area contributed by atoms with Gasteiger partial charge in [0.05, 0.1) is 18.2 Å². The smallest absolute Gasteiger partial charge is 0.254 e. The molecule has 1 aliphatic rings. The second-order valence-electron chi connectivity index (χ2n) is 7.45. The van der Waals surface area contributed by atoms with Gasteiger partial charge in [0, 0.05) is 48.6 Å². The molecule has 9 heteroatoms. The average molecular weight is 455 g/mol. The number of carbonyl (C=O) groups is 1. The molecule has 0 spiro atoms. The molecule has 4 rings (SSSR count). The number of aromatic amines is 1. The summed E-state index contributed by atoms with van der Waals surface area (Å²) in [5.41, 5.74) is 2.44. The fraction of sp³-hybridized carbons (Fsp3) is 0.304. The molecule has 0 radical (unpaired) electrons. The molecule has 166 valence electrons. The predicted octanol–water partition coefficient (Wildman–Crippen LogP) is 3.20. The summed E-state index contributed by atoms with van der Waals surface area (Å²) in [6.45, 7) is 3.18. The lowest BCUT2D eigenvalue weighted by molar-refractivity contribution is -0.121. The highest BCUT2D eigenvalue weighted by atomic mass is 35.5. The van der Waals surface area contributed by atoms with Crippen molar-refractivity contribution in [1.82, 2.24) is 20.3 Å². The van der Waals surface area contributed by atoms with Gasteiger partial charge in [0.25, 0.3) is 5.56 Å². The third-order valence-corrected chi connectivity index (χ3v) is 5.41. The summed E-state index contributed by atoms with van der Waals surface area (Å²) in [6.07, 6.45) is 4.52. The van der Waals surface area contributed by atoms with Crippen LogP contribution in [0.25, 0.3) is 11.4 Å². The predicted molar refractivity (Wildman–Crippen MR) is 120 cm³/mol. The van der Waals surface area contributed by atoms with E-state index < -0.39 is 0 Å². The van der Waals surface area contributed by atoms with Crippen LogP contribution in [-0.2, 0) is 17.8 Å². The molecule has 3 aromatic rings. The number of ether oxygens (including phenoxy) is 2. The number of hydrogen-bond donors (Lipinski definition) is 2. The van der Waals surface area contributed by atoms with E-state index in [-0.39, 0.29) is 17.9 Å². The number of aryl methyl sites for hydroxylation is 1. The molecule has 0 fully saturated rings. The standard InChI is InChI=1S/C23H23ClN4O4/c1-14-17(23(30)28-22(27-14)16-5-7-25-8-6-16)3-4-20(29)26-13-15-11-18(24)21-19(12-15)31-9-2-10-32-21/h5-8,11-12H,2-4,9-10,13H2,1H3,(H,26,29)(H,27,28,30). The molecule has 0 saturated carbocycles. The van der Waals surface area contributed by atoms with Gasteiger partial charge in [0.15, 0.2) is 11.5 Å². The van der Waals surface area contributed by atoms with Crippen molar-refractivity contribution >= 4 is 17.5 Å². The summed E-state index contributed by atoms with van der Waals surface area (Å²) in [4.78, 5) is 36.2. The number of amides is 1. The van der Waals surface area contributed by atoms with Crippen molar-refractivity contribution in [2.45, 2.75) is 32.7 Å². The Morgan fingerprint density at radius 3 is 2.78 bits per heavy atom. The first-order valence-corrected chi connectivity index (χ1v) is 10.7. The van der Waals surface area contributed by atoms with Crippen LogP contribution < -0.4 is 20.3 Å². The Morgan fingerprint density at radius 2 is 2.00 bits per heavy atom. The number of nitrogens with one attached hydrogen (secondary N) is 2. The first kappa shape index (κ1) is 21.8. The van der Waals surface area contributed by atoms with E-state index in [9.17, 15) is 9.59 Å². The molecular formula is C23H23ClN4O4. The van der Waals surface area contributed by atoms with Gasteiger partial charge in [-0.15, -0.1) is 0 Å². The van der Waals surface area contributed by atoms with Gasteiger partial charge < -0.3 is 19.8 Å². The third kappa shape index (κ3) is 5.08. The molecular weight excluding hydrogens is 432 g/mol. The molecule has 1 aromatic carbocycles. The maximum absolute atomic E-state index is 12.5. The van der Waals surface area contributed by atoms with Crippen LogP contribution >= 0.6 is 11.6 Å². The molecule has 1 aliphatic heterocycles. The van der Waals surface area contributed by atoms with E-state index in [4.69, 9.17) is 21.1 Å². The van der Waals surface area contributed by atoms with Crippen molar-refractivity contribution in [3.8, 4) is 22.9 Å². The van der Waals surface area contributed by atoms with Crippen molar-refractivity contribution in [2.24, 2.45) is 0 Å². The number of pyridine rings is 1. The first-order chi connectivity index (χ1) is 15.5. The van der Waals surface area contributed by atoms with Crippen LogP contribution in [0.2, 0.25) is 5.02 Å². The maximum Gasteiger partial charge on any atom is 0.254 e. The molecule has 2 N–H and O–H groups in total. The highest BCUT2D eigenvalue weighted by Gasteiger charge is 2.16. The number of fused-ring (bicyclic) bond motifs is 1. The fourth-order valence-electron chi connectivity index (χ4n) is 3.47. The van der Waals surface area contributed by atoms with Gasteiger partial charge in [-0.1, -0.05) is 11.6 Å². The Labute approximate surface area is 190 Å². The second kappa shape index (κ2) is 9.82. The zero-order chi connectivity index (χ0) is 22.5. The summed E-state index contributed by atoms with van der Waals surface area (Å²) in [7, 11) is 0. The quantitative estimate of drug-likeness (QED) is 0.592. The number of rotatable bonds is 6. The van der Waals surface area contributed by atoms with Gasteiger partial charge in [0.2, 0.25) is 5.91 Å². The number of carbonyl (C=O) groups excluding carboxylic acids is 1. The van der Waals surface area contributed by atoms with Gasteiger partial charge in [-0.05, 0) is 43.2 Å². The third-order valence-electron chi connectivity index (χ3n) is 5.13. The second-order valence-corrected chi connectivity index (χ2v) is 7.85. The summed E-state index contributed by atoms with van der Waals surface area (Å²) in [5, 5.41) is 3.32. The highest BCUT2D eigenvalue weighted by molar-refractivity contribution is 6.32. The Morgan fingerprint density at radius 1 is 1.22 bits per heavy atom. The lowest BCUT2D eigenvalue weighted by atomic mass is 10.1. The number of aromatic nitrogens is 3. The van der Waals surface area contributed by atoms with Gasteiger partial charge in [-0.2, -0.15) is 0 Å². The maximum atomic E-state index is 12.5. The molecule has 0 atom stereocenters. The van der Waals surface area contributed by atoms with Crippen LogP contribution in [0.3, 0.4) is 0 Å². The lowest BCUT2D eigenvalue weighted by Crippen LogP contribution is -2.25. The Hall–Kier alpha value is -3.39. The van der Waals surface area contributed by atoms with Crippen LogP contribution in [0.1, 0.15) is 29.7 Å². The SMILES string of the molecule is Cc1nc(-c2ccncc2)[nH]c(=O)c1CCC(=O)NCc1cc(Cl)c2c(c1)OCCCO2. The number of hydrogen-bond acceptors (Lipinski definition) is 6. The van der Waals surface area contributed by atoms with E-state index in [2.05, 4.69) is 20.3 Å². The van der Waals surface area contributed by atoms with Crippen molar-refractivity contribution in [3.63, 3.8) is 0 Å². The molecule has 1 amide bonds. The van der Waals surface area contributed by atoms with E-state index in [1.165, 1.54) is 0 Å². The minimum atomic E-state index is -0.244. The largest absolute Gasteiger partial charge is 0.489 e. The van der Waals surface area contributed by atoms with E-state index in [1.54, 1.807) is 37.5 Å². The zero-order valence-electron chi connectivity index (χ0n) is 17.6. The summed E-state index contributed by atoms with van der Waals surface area (Å²) in [5.74, 6) is 1.43. The van der Waals surface area contributed by atoms with E-state index in [0.717, 1.165) is 17.5 Å². The van der Waals surface area contributed by atoms with Crippen LogP contribution in [0, 0.1) is 6.92 Å². The summed E-state index contributed by atoms with van der Waals surface area (Å²) in [6, 6.07) is 7.13. The number of nitrogens with zero attached hydrogens (tertiary/aromatic N) is 2. The Balaban J connectivity index is 1.37. The minimum absolute atomic E-state index is 0.165. The molecule has 2 aromatic heterocycles. The van der Waals surface area contributed by atoms with Crippen molar-refractivity contribution < 1.29 is 14.3 Å². The van der Waals surface area contributed by atoms with E-state index in [0.29, 0.717) is 59.8 Å². The van der Waals surface area contributed by atoms with Crippen LogP contribution in [0.4, 0.5) is 0 Å². The Bertz CT molecular complexity index is 1180. The van der Waals surface area contributed by atoms with E-state index in [1.807, 2.05) is 6.07 Å². The topological polar surface area (TPSA) is 106 Å². The molecule has 0 aliphatic carbocycles. The fourth-order valence-corrected chi connectivity index (χ4v) is 3.75. The minimum Gasteiger partial charge on any atom is -0.489 e. The molecule has 8 nitrogen and oxygen atoms in total. The van der Waals surface area contributed by atoms with Crippen molar-refractivity contribution in [3.05, 3.63) is 68.9 Å². The van der Waals surface area contributed by atoms with Crippen LogP contribution in [0.15, 0.2) is 41.5 Å². The molecule has 0 unspecified atom stereocenters. The monoisotopic (exact) mass is 454 g/mol. The average Bonchev–Trinajstić information content (AvgIpc) is 3.03. The normalized spacial score (nSPS) is 12.8. The summed E-state index contributed by atoms with van der Waals surface area (Å²) >= 11 is 6.30. The number of H-pyrrole nitrogens is 1. The van der Waals surface area contributed by atoms with Gasteiger partial charge in [-0.3, -0.25) is 14.6 Å². The Kier molecular flexibility index (Phi) is 6.70. The molecule has 0 saturated heterocycles. The zero-order valence-corrected chi connectivity index (χ0v) is 18.4. The highest BCUT2D eigenvalue weighted by Crippen LogP contribution is 2.37. The van der Waals surface area contributed by atoms with Gasteiger partial charge in [0.1, 0.15) is 5.82 Å². The van der Waals surface area contributed by atoms with Crippen LogP contribution in [0.5, 0.6) is 11.5 Å². The van der Waals surface area contributed by atoms with Crippen LogP contribution in [-0.4, -0.2) is 34.1 Å². The van der Waals surface area contributed by atoms with Crippen molar-refractivity contribution in [2.75, 3.05) is 13.2 Å². The number of benzene rings is 1.